The Hall–Kier alpha value is -0.120. The molecule has 2 bridgehead atoms. The van der Waals surface area contributed by atoms with Crippen molar-refractivity contribution in [2.24, 2.45) is 0 Å². The zero-order valence-electron chi connectivity index (χ0n) is 9.20. The Morgan fingerprint density at radius 3 is 2.31 bits per heavy atom. The average molecular weight is 183 g/mol. The van der Waals surface area contributed by atoms with Crippen LogP contribution in [0.4, 0.5) is 0 Å². The van der Waals surface area contributed by atoms with Gasteiger partial charge in [-0.3, -0.25) is 14.7 Å². The predicted octanol–water partition coefficient (Wildman–Crippen LogP) is 0.282. The fraction of sp³-hybridized carbons (Fsp3) is 1.00. The van der Waals surface area contributed by atoms with E-state index in [2.05, 4.69) is 42.6 Å². The fourth-order valence-electron chi connectivity index (χ4n) is 2.69. The monoisotopic (exact) mass is 183 g/mol. The Morgan fingerprint density at radius 2 is 1.77 bits per heavy atom. The number of hydrogen-bond donors (Lipinski definition) is 0. The topological polar surface area (TPSA) is 9.72 Å². The number of fused-ring (bicyclic) bond motifs is 3. The van der Waals surface area contributed by atoms with Crippen LogP contribution in [0, 0.1) is 0 Å². The van der Waals surface area contributed by atoms with Crippen LogP contribution >= 0.6 is 0 Å². The Balaban J connectivity index is 2.14. The first-order valence-electron chi connectivity index (χ1n) is 5.27. The zero-order chi connectivity index (χ0) is 9.59. The molecule has 0 saturated carbocycles. The van der Waals surface area contributed by atoms with Gasteiger partial charge in [0.25, 0.3) is 0 Å². The molecule has 3 saturated heterocycles. The normalized spacial score (nSPS) is 50.1. The lowest BCUT2D eigenvalue weighted by molar-refractivity contribution is -0.106. The van der Waals surface area contributed by atoms with Gasteiger partial charge in [-0.15, -0.1) is 0 Å². The van der Waals surface area contributed by atoms with E-state index >= 15 is 0 Å². The lowest BCUT2D eigenvalue weighted by Crippen LogP contribution is -2.71. The van der Waals surface area contributed by atoms with Gasteiger partial charge in [0.05, 0.1) is 6.17 Å². The van der Waals surface area contributed by atoms with E-state index in [1.807, 2.05) is 0 Å². The minimum Gasteiger partial charge on any atom is -0.295 e. The Morgan fingerprint density at radius 1 is 1.08 bits per heavy atom. The average Bonchev–Trinajstić information content (AvgIpc) is 2.12. The summed E-state index contributed by atoms with van der Waals surface area (Å²) in [6.45, 7) is 8.43. The van der Waals surface area contributed by atoms with Crippen molar-refractivity contribution >= 4 is 0 Å². The van der Waals surface area contributed by atoms with Crippen LogP contribution in [0.5, 0.6) is 0 Å². The van der Waals surface area contributed by atoms with Crippen LogP contribution in [0.3, 0.4) is 0 Å². The molecule has 0 aromatic heterocycles. The van der Waals surface area contributed by atoms with Gasteiger partial charge in [-0.2, -0.15) is 0 Å². The molecule has 0 aromatic rings. The molecule has 0 aliphatic carbocycles. The summed E-state index contributed by atoms with van der Waals surface area (Å²) in [5.41, 5.74) is 0. The summed E-state index contributed by atoms with van der Waals surface area (Å²) >= 11 is 0. The van der Waals surface area contributed by atoms with Crippen LogP contribution in [0.25, 0.3) is 0 Å². The summed E-state index contributed by atoms with van der Waals surface area (Å²) in [4.78, 5) is 7.61. The highest BCUT2D eigenvalue weighted by molar-refractivity contribution is 4.96. The van der Waals surface area contributed by atoms with Crippen molar-refractivity contribution < 1.29 is 0 Å². The summed E-state index contributed by atoms with van der Waals surface area (Å²) in [7, 11) is 4.37. The Kier molecular flexibility index (Phi) is 2.34. The Bertz CT molecular complexity index is 191. The highest BCUT2D eigenvalue weighted by Crippen LogP contribution is 2.26. The first-order chi connectivity index (χ1) is 6.11. The molecule has 0 spiro atoms. The molecule has 3 nitrogen and oxygen atoms in total. The molecule has 3 aliphatic heterocycles. The van der Waals surface area contributed by atoms with Crippen LogP contribution < -0.4 is 0 Å². The molecule has 5 atom stereocenters. The van der Waals surface area contributed by atoms with Crippen LogP contribution in [0.1, 0.15) is 13.8 Å². The second-order valence-electron chi connectivity index (χ2n) is 4.66. The minimum atomic E-state index is 0.639. The number of rotatable bonds is 1. The molecule has 0 amide bonds. The predicted molar refractivity (Wildman–Crippen MR) is 54.7 cm³/mol. The molecule has 0 radical (unpaired) electrons. The second kappa shape index (κ2) is 3.23. The maximum absolute atomic E-state index is 2.64. The van der Waals surface area contributed by atoms with Crippen LogP contribution in [-0.2, 0) is 0 Å². The smallest absolute Gasteiger partial charge is 0.0752 e. The van der Waals surface area contributed by atoms with Crippen molar-refractivity contribution in [3.05, 3.63) is 0 Å². The molecule has 3 fully saturated rings. The molecule has 3 aliphatic rings. The first-order valence-corrected chi connectivity index (χ1v) is 5.27. The zero-order valence-corrected chi connectivity index (χ0v) is 9.20. The summed E-state index contributed by atoms with van der Waals surface area (Å²) in [5.74, 6) is 0. The maximum atomic E-state index is 2.64. The Labute approximate surface area is 81.3 Å². The van der Waals surface area contributed by atoms with Crippen molar-refractivity contribution in [2.45, 2.75) is 32.1 Å². The van der Waals surface area contributed by atoms with E-state index in [9.17, 15) is 0 Å². The number of nitrogens with zero attached hydrogens (tertiary/aromatic N) is 3. The standard InChI is InChI=1S/C10H21N3/c1-8-9(2)13-6-5-12(8)7-10(13)11(3)4/h8-10H,5-7H2,1-4H3. The van der Waals surface area contributed by atoms with Crippen molar-refractivity contribution in [3.63, 3.8) is 0 Å². The van der Waals surface area contributed by atoms with Gasteiger partial charge in [0.2, 0.25) is 0 Å². The molecule has 3 rings (SSSR count). The minimum absolute atomic E-state index is 0.639. The van der Waals surface area contributed by atoms with Crippen LogP contribution in [0.2, 0.25) is 0 Å². The molecule has 3 heterocycles. The van der Waals surface area contributed by atoms with Gasteiger partial charge in [0.15, 0.2) is 0 Å². The first kappa shape index (κ1) is 9.44. The van der Waals surface area contributed by atoms with E-state index in [1.54, 1.807) is 0 Å². The number of piperazine rings is 3. The van der Waals surface area contributed by atoms with Crippen molar-refractivity contribution in [1.29, 1.82) is 0 Å². The third-order valence-corrected chi connectivity index (χ3v) is 3.82. The third-order valence-electron chi connectivity index (χ3n) is 3.82. The van der Waals surface area contributed by atoms with Gasteiger partial charge in [-0.05, 0) is 27.9 Å². The van der Waals surface area contributed by atoms with Gasteiger partial charge in [0.1, 0.15) is 0 Å². The number of hydrogen-bond acceptors (Lipinski definition) is 3. The molecule has 76 valence electrons. The number of likely N-dealkylation sites (N-methyl/N-ethyl adjacent to an activating group) is 1. The lowest BCUT2D eigenvalue weighted by Gasteiger charge is -2.56. The largest absolute Gasteiger partial charge is 0.295 e. The van der Waals surface area contributed by atoms with E-state index < -0.39 is 0 Å². The third kappa shape index (κ3) is 1.39. The van der Waals surface area contributed by atoms with Crippen LogP contribution in [-0.4, -0.2) is 66.7 Å². The molecule has 5 unspecified atom stereocenters. The van der Waals surface area contributed by atoms with Gasteiger partial charge in [0, 0.05) is 31.7 Å². The van der Waals surface area contributed by atoms with Crippen molar-refractivity contribution in [1.82, 2.24) is 14.7 Å². The van der Waals surface area contributed by atoms with Crippen molar-refractivity contribution in [3.8, 4) is 0 Å². The molecule has 0 aromatic carbocycles. The molecule has 0 N–H and O–H groups in total. The van der Waals surface area contributed by atoms with E-state index in [0.29, 0.717) is 6.17 Å². The van der Waals surface area contributed by atoms with Gasteiger partial charge >= 0.3 is 0 Å². The highest BCUT2D eigenvalue weighted by Gasteiger charge is 2.41. The van der Waals surface area contributed by atoms with Gasteiger partial charge < -0.3 is 0 Å². The van der Waals surface area contributed by atoms with Crippen LogP contribution in [0.15, 0.2) is 0 Å². The van der Waals surface area contributed by atoms with E-state index in [-0.39, 0.29) is 0 Å². The SMILES string of the molecule is CC1C(C)N2CCN1CC2N(C)C. The van der Waals surface area contributed by atoms with E-state index in [0.717, 1.165) is 12.1 Å². The fourth-order valence-corrected chi connectivity index (χ4v) is 2.69. The molecular weight excluding hydrogens is 162 g/mol. The summed E-state index contributed by atoms with van der Waals surface area (Å²) < 4.78 is 0. The van der Waals surface area contributed by atoms with Crippen molar-refractivity contribution in [2.75, 3.05) is 33.7 Å². The molecular formula is C10H21N3. The summed E-state index contributed by atoms with van der Waals surface area (Å²) in [5, 5.41) is 0. The van der Waals surface area contributed by atoms with E-state index in [4.69, 9.17) is 0 Å². The molecule has 3 heteroatoms. The van der Waals surface area contributed by atoms with Gasteiger partial charge in [-0.25, -0.2) is 0 Å². The highest BCUT2D eigenvalue weighted by atomic mass is 15.5. The van der Waals surface area contributed by atoms with Gasteiger partial charge in [-0.1, -0.05) is 0 Å². The summed E-state index contributed by atoms with van der Waals surface area (Å²) in [6, 6.07) is 1.46. The quantitative estimate of drug-likeness (QED) is 0.578. The summed E-state index contributed by atoms with van der Waals surface area (Å²) in [6.07, 6.45) is 0.639. The second-order valence-corrected chi connectivity index (χ2v) is 4.66. The van der Waals surface area contributed by atoms with E-state index in [1.165, 1.54) is 19.6 Å². The maximum Gasteiger partial charge on any atom is 0.0752 e. The lowest BCUT2D eigenvalue weighted by atomic mass is 9.99. The molecule has 13 heavy (non-hydrogen) atoms.